The third-order valence-electron chi connectivity index (χ3n) is 5.84. The number of carboxylic acid groups (broad SMARTS) is 1. The first-order valence-electron chi connectivity index (χ1n) is 11.3. The number of nitrogens with zero attached hydrogens (tertiary/aromatic N) is 3. The second kappa shape index (κ2) is 9.85. The maximum absolute atomic E-state index is 11.7. The number of fused-ring (bicyclic) bond motifs is 1. The molecule has 3 aromatic heterocycles. The fourth-order valence-electron chi connectivity index (χ4n) is 3.98. The van der Waals surface area contributed by atoms with E-state index in [0.29, 0.717) is 23.7 Å². The predicted molar refractivity (Wildman–Crippen MR) is 141 cm³/mol. The van der Waals surface area contributed by atoms with Gasteiger partial charge in [-0.1, -0.05) is 17.7 Å². The van der Waals surface area contributed by atoms with E-state index in [0.717, 1.165) is 40.1 Å². The first-order valence-corrected chi connectivity index (χ1v) is 11.7. The molecule has 0 saturated heterocycles. The van der Waals surface area contributed by atoms with E-state index in [-0.39, 0.29) is 10.6 Å². The lowest BCUT2D eigenvalue weighted by atomic mass is 10.0. The van der Waals surface area contributed by atoms with Crippen molar-refractivity contribution in [2.24, 2.45) is 0 Å². The van der Waals surface area contributed by atoms with Gasteiger partial charge in [-0.15, -0.1) is 0 Å². The second-order valence-corrected chi connectivity index (χ2v) is 8.99. The third-order valence-corrected chi connectivity index (χ3v) is 6.17. The summed E-state index contributed by atoms with van der Waals surface area (Å²) in [5.74, 6) is 0.327. The van der Waals surface area contributed by atoms with Gasteiger partial charge in [0.2, 0.25) is 0 Å². The molecule has 8 nitrogen and oxygen atoms in total. The number of hydrogen-bond donors (Lipinski definition) is 3. The fourth-order valence-corrected chi connectivity index (χ4v) is 4.18. The molecule has 0 bridgehead atoms. The number of rotatable bonds is 8. The largest absolute Gasteiger partial charge is 0.492 e. The predicted octanol–water partition coefficient (Wildman–Crippen LogP) is 5.58. The van der Waals surface area contributed by atoms with Crippen molar-refractivity contribution in [2.75, 3.05) is 27.2 Å². The number of ether oxygens (including phenoxy) is 1. The van der Waals surface area contributed by atoms with Crippen LogP contribution in [-0.2, 0) is 0 Å². The molecular formula is C27H24ClN5O3. The second-order valence-electron chi connectivity index (χ2n) is 8.58. The van der Waals surface area contributed by atoms with Gasteiger partial charge in [0, 0.05) is 41.0 Å². The first-order chi connectivity index (χ1) is 17.4. The van der Waals surface area contributed by atoms with Crippen molar-refractivity contribution >= 4 is 28.6 Å². The Hall–Kier alpha value is -4.14. The van der Waals surface area contributed by atoms with Crippen LogP contribution in [0, 0.1) is 0 Å². The van der Waals surface area contributed by atoms with Crippen LogP contribution in [0.15, 0.2) is 67.0 Å². The van der Waals surface area contributed by atoms with Crippen molar-refractivity contribution in [1.29, 1.82) is 0 Å². The van der Waals surface area contributed by atoms with E-state index >= 15 is 0 Å². The number of hydrogen-bond acceptors (Lipinski definition) is 5. The van der Waals surface area contributed by atoms with Gasteiger partial charge in [0.15, 0.2) is 0 Å². The van der Waals surface area contributed by atoms with Crippen molar-refractivity contribution in [3.63, 3.8) is 0 Å². The zero-order valence-electron chi connectivity index (χ0n) is 19.7. The number of carboxylic acids is 1. The molecule has 0 saturated carbocycles. The highest BCUT2D eigenvalue weighted by atomic mass is 35.5. The van der Waals surface area contributed by atoms with Gasteiger partial charge in [-0.05, 0) is 62.6 Å². The Morgan fingerprint density at radius 1 is 1.08 bits per heavy atom. The van der Waals surface area contributed by atoms with Crippen LogP contribution in [0.4, 0.5) is 0 Å². The van der Waals surface area contributed by atoms with Crippen LogP contribution in [0.1, 0.15) is 10.4 Å². The van der Waals surface area contributed by atoms with Crippen LogP contribution < -0.4 is 4.74 Å². The van der Waals surface area contributed by atoms with E-state index in [1.165, 1.54) is 0 Å². The van der Waals surface area contributed by atoms with Crippen molar-refractivity contribution < 1.29 is 14.6 Å². The minimum absolute atomic E-state index is 0.0189. The summed E-state index contributed by atoms with van der Waals surface area (Å²) in [6, 6.07) is 16.5. The van der Waals surface area contributed by atoms with E-state index in [4.69, 9.17) is 21.3 Å². The molecular weight excluding hydrogens is 478 g/mol. The molecule has 0 atom stereocenters. The molecule has 5 rings (SSSR count). The number of H-pyrrole nitrogens is 2. The molecule has 3 N–H and O–H groups in total. The quantitative estimate of drug-likeness (QED) is 0.256. The number of benzene rings is 2. The third kappa shape index (κ3) is 4.68. The molecule has 0 amide bonds. The summed E-state index contributed by atoms with van der Waals surface area (Å²) in [6.07, 6.45) is 3.56. The number of aromatic nitrogens is 4. The average molecular weight is 502 g/mol. The van der Waals surface area contributed by atoms with Crippen molar-refractivity contribution in [2.45, 2.75) is 0 Å². The van der Waals surface area contributed by atoms with Gasteiger partial charge >= 0.3 is 5.97 Å². The van der Waals surface area contributed by atoms with Crippen LogP contribution in [0.3, 0.4) is 0 Å². The Bertz CT molecular complexity index is 1540. The molecule has 5 aromatic rings. The number of imidazole rings is 1. The van der Waals surface area contributed by atoms with E-state index in [2.05, 4.69) is 19.9 Å². The number of nitrogens with one attached hydrogen (secondary N) is 2. The minimum Gasteiger partial charge on any atom is -0.492 e. The lowest BCUT2D eigenvalue weighted by Crippen LogP contribution is -2.19. The monoisotopic (exact) mass is 501 g/mol. The Morgan fingerprint density at radius 2 is 1.86 bits per heavy atom. The van der Waals surface area contributed by atoms with E-state index < -0.39 is 5.97 Å². The standard InChI is InChI=1S/C27H24ClN5O3/c1-33(2)13-14-36-18-6-3-16(4-7-18)25-31-23(17-5-8-22(28)21(15-17)27(34)35)24(32-25)19-9-11-29-26-20(19)10-12-30-26/h3-12,15H,13-14H2,1-2H3,(H,29,30)(H,31,32)(H,34,35). The summed E-state index contributed by atoms with van der Waals surface area (Å²) in [4.78, 5) is 29.7. The summed E-state index contributed by atoms with van der Waals surface area (Å²) < 4.78 is 5.81. The topological polar surface area (TPSA) is 107 Å². The minimum atomic E-state index is -1.10. The Kier molecular flexibility index (Phi) is 6.45. The van der Waals surface area contributed by atoms with Gasteiger partial charge in [-0.2, -0.15) is 0 Å². The number of halogens is 1. The van der Waals surface area contributed by atoms with E-state index in [1.54, 1.807) is 24.4 Å². The molecule has 0 fully saturated rings. The van der Waals surface area contributed by atoms with Crippen LogP contribution in [0.2, 0.25) is 5.02 Å². The van der Waals surface area contributed by atoms with Crippen LogP contribution in [0.5, 0.6) is 5.75 Å². The molecule has 0 aliphatic heterocycles. The number of likely N-dealkylation sites (N-methyl/N-ethyl adjacent to an activating group) is 1. The molecule has 0 aliphatic rings. The molecule has 36 heavy (non-hydrogen) atoms. The molecule has 0 spiro atoms. The van der Waals surface area contributed by atoms with Crippen molar-refractivity contribution in [3.05, 3.63) is 77.6 Å². The first kappa shape index (κ1) is 23.6. The zero-order valence-corrected chi connectivity index (χ0v) is 20.5. The fraction of sp³-hybridized carbons (Fsp3) is 0.148. The summed E-state index contributed by atoms with van der Waals surface area (Å²) in [5, 5.41) is 10.7. The van der Waals surface area contributed by atoms with Crippen molar-refractivity contribution in [1.82, 2.24) is 24.8 Å². The molecule has 3 heterocycles. The smallest absolute Gasteiger partial charge is 0.337 e. The molecule has 0 radical (unpaired) electrons. The van der Waals surface area contributed by atoms with Gasteiger partial charge in [0.05, 0.1) is 22.0 Å². The zero-order chi connectivity index (χ0) is 25.2. The molecule has 182 valence electrons. The average Bonchev–Trinajstić information content (AvgIpc) is 3.52. The van der Waals surface area contributed by atoms with Crippen molar-refractivity contribution in [3.8, 4) is 39.7 Å². The highest BCUT2D eigenvalue weighted by molar-refractivity contribution is 6.33. The van der Waals surface area contributed by atoms with Crippen LogP contribution in [0.25, 0.3) is 44.9 Å². The van der Waals surface area contributed by atoms with Crippen LogP contribution in [-0.4, -0.2) is 63.2 Å². The van der Waals surface area contributed by atoms with Gasteiger partial charge in [-0.25, -0.2) is 14.8 Å². The highest BCUT2D eigenvalue weighted by Crippen LogP contribution is 2.37. The maximum Gasteiger partial charge on any atom is 0.337 e. The van der Waals surface area contributed by atoms with Gasteiger partial charge in [-0.3, -0.25) is 0 Å². The Labute approximate surface area is 212 Å². The summed E-state index contributed by atoms with van der Waals surface area (Å²) in [6.45, 7) is 1.42. The molecule has 2 aromatic carbocycles. The van der Waals surface area contributed by atoms with Crippen LogP contribution >= 0.6 is 11.6 Å². The summed E-state index contributed by atoms with van der Waals surface area (Å²) >= 11 is 6.13. The van der Waals surface area contributed by atoms with Gasteiger partial charge in [0.25, 0.3) is 0 Å². The lowest BCUT2D eigenvalue weighted by molar-refractivity contribution is 0.0697. The lowest BCUT2D eigenvalue weighted by Gasteiger charge is -2.11. The van der Waals surface area contributed by atoms with Gasteiger partial charge < -0.3 is 24.7 Å². The molecule has 0 unspecified atom stereocenters. The Morgan fingerprint density at radius 3 is 2.61 bits per heavy atom. The van der Waals surface area contributed by atoms with Gasteiger partial charge in [0.1, 0.15) is 23.8 Å². The number of carbonyl (C=O) groups is 1. The molecule has 0 aliphatic carbocycles. The number of aromatic carboxylic acids is 1. The normalized spacial score (nSPS) is 11.3. The summed E-state index contributed by atoms with van der Waals surface area (Å²) in [7, 11) is 4.01. The summed E-state index contributed by atoms with van der Waals surface area (Å²) in [5.41, 5.74) is 4.53. The number of aromatic amines is 2. The van der Waals surface area contributed by atoms with E-state index in [1.807, 2.05) is 56.7 Å². The van der Waals surface area contributed by atoms with E-state index in [9.17, 15) is 9.90 Å². The SMILES string of the molecule is CN(C)CCOc1ccc(-c2nc(-c3ccc(Cl)c(C(=O)O)c3)c(-c3ccnc4[nH]ccc34)[nH]2)cc1. The Balaban J connectivity index is 1.59. The highest BCUT2D eigenvalue weighted by Gasteiger charge is 2.20. The maximum atomic E-state index is 11.7. The number of pyridine rings is 1. The molecule has 9 heteroatoms.